The molecule has 1 aliphatic rings. The molecule has 3 heterocycles. The van der Waals surface area contributed by atoms with Crippen LogP contribution in [0.4, 0.5) is 11.5 Å². The Morgan fingerprint density at radius 2 is 1.90 bits per heavy atom. The quantitative estimate of drug-likeness (QED) is 0.508. The number of para-hydroxylation sites is 1. The van der Waals surface area contributed by atoms with Gasteiger partial charge in [-0.3, -0.25) is 4.79 Å². The van der Waals surface area contributed by atoms with E-state index in [4.69, 9.17) is 10.1 Å². The highest BCUT2D eigenvalue weighted by Crippen LogP contribution is 2.44. The van der Waals surface area contributed by atoms with Crippen LogP contribution in [0, 0.1) is 6.92 Å². The van der Waals surface area contributed by atoms with Crippen LogP contribution in [0.3, 0.4) is 0 Å². The van der Waals surface area contributed by atoms with Gasteiger partial charge in [0.25, 0.3) is 0 Å². The third kappa shape index (κ3) is 3.26. The number of carbonyl (C=O) groups is 1. The molecule has 2 aromatic heterocycles. The minimum atomic E-state index is -0.0177. The average Bonchev–Trinajstić information content (AvgIpc) is 3.24. The first-order valence-electron chi connectivity index (χ1n) is 9.65. The molecule has 1 unspecified atom stereocenters. The zero-order chi connectivity index (χ0) is 20.8. The molecule has 1 aliphatic heterocycles. The van der Waals surface area contributed by atoms with Gasteiger partial charge in [-0.25, -0.2) is 4.98 Å². The van der Waals surface area contributed by atoms with E-state index in [9.17, 15) is 4.79 Å². The van der Waals surface area contributed by atoms with Crippen LogP contribution in [0.5, 0.6) is 0 Å². The Labute approximate surface area is 182 Å². The third-order valence-electron chi connectivity index (χ3n) is 5.18. The van der Waals surface area contributed by atoms with E-state index in [2.05, 4.69) is 40.5 Å². The van der Waals surface area contributed by atoms with E-state index < -0.39 is 0 Å². The second-order valence-corrected chi connectivity index (χ2v) is 9.55. The van der Waals surface area contributed by atoms with E-state index >= 15 is 0 Å². The van der Waals surface area contributed by atoms with Crippen molar-refractivity contribution in [1.82, 2.24) is 14.8 Å². The Hall–Kier alpha value is -2.84. The summed E-state index contributed by atoms with van der Waals surface area (Å²) in [6.45, 7) is 2.00. The van der Waals surface area contributed by atoms with Crippen molar-refractivity contribution in [2.45, 2.75) is 12.2 Å². The van der Waals surface area contributed by atoms with Crippen molar-refractivity contribution in [3.63, 3.8) is 0 Å². The van der Waals surface area contributed by atoms with E-state index in [0.29, 0.717) is 5.75 Å². The predicted molar refractivity (Wildman–Crippen MR) is 125 cm³/mol. The number of rotatable bonds is 3. The van der Waals surface area contributed by atoms with Gasteiger partial charge in [0, 0.05) is 25.3 Å². The van der Waals surface area contributed by atoms with E-state index in [-0.39, 0.29) is 11.2 Å². The lowest BCUT2D eigenvalue weighted by atomic mass is 10.0. The van der Waals surface area contributed by atoms with Crippen LogP contribution in [0.2, 0.25) is 0 Å². The Morgan fingerprint density at radius 3 is 2.63 bits per heavy atom. The molecule has 152 valence electrons. The first kappa shape index (κ1) is 19.1. The number of anilines is 2. The molecule has 0 bridgehead atoms. The maximum Gasteiger partial charge on any atom is 0.235 e. The molecule has 1 amide bonds. The van der Waals surface area contributed by atoms with Crippen LogP contribution in [0.25, 0.3) is 15.3 Å². The SMILES string of the molecule is Cc1nn(-c2nc3ccccc3s2)c2c1C(c1ccc(N(C)C)cc1)SCC(=O)N2. The summed E-state index contributed by atoms with van der Waals surface area (Å²) in [6, 6.07) is 16.5. The topological polar surface area (TPSA) is 63.1 Å². The number of hydrogen-bond donors (Lipinski definition) is 1. The van der Waals surface area contributed by atoms with Gasteiger partial charge in [0.2, 0.25) is 11.0 Å². The van der Waals surface area contributed by atoms with Crippen LogP contribution in [0.1, 0.15) is 22.1 Å². The Morgan fingerprint density at radius 1 is 1.13 bits per heavy atom. The van der Waals surface area contributed by atoms with Crippen LogP contribution in [0.15, 0.2) is 48.5 Å². The lowest BCUT2D eigenvalue weighted by Crippen LogP contribution is -2.15. The number of aromatic nitrogens is 3. The third-order valence-corrected chi connectivity index (χ3v) is 7.47. The number of nitrogens with one attached hydrogen (secondary N) is 1. The minimum absolute atomic E-state index is 0.0177. The smallest absolute Gasteiger partial charge is 0.235 e. The number of hydrogen-bond acceptors (Lipinski definition) is 6. The molecule has 8 heteroatoms. The fourth-order valence-electron chi connectivity index (χ4n) is 3.68. The summed E-state index contributed by atoms with van der Waals surface area (Å²) in [6.07, 6.45) is 0. The van der Waals surface area contributed by atoms with Crippen LogP contribution >= 0.6 is 23.1 Å². The normalized spacial score (nSPS) is 16.2. The van der Waals surface area contributed by atoms with Gasteiger partial charge in [-0.05, 0) is 36.8 Å². The van der Waals surface area contributed by atoms with E-state index in [1.807, 2.05) is 39.2 Å². The van der Waals surface area contributed by atoms with Crippen molar-refractivity contribution in [1.29, 1.82) is 0 Å². The van der Waals surface area contributed by atoms with Gasteiger partial charge in [0.05, 0.1) is 26.9 Å². The number of aryl methyl sites for hydroxylation is 1. The molecule has 1 atom stereocenters. The lowest BCUT2D eigenvalue weighted by molar-refractivity contribution is -0.113. The number of thiazole rings is 1. The molecule has 1 N–H and O–H groups in total. The van der Waals surface area contributed by atoms with E-state index in [0.717, 1.165) is 43.7 Å². The van der Waals surface area contributed by atoms with Gasteiger partial charge in [-0.2, -0.15) is 9.78 Å². The summed E-state index contributed by atoms with van der Waals surface area (Å²) >= 11 is 3.21. The van der Waals surface area contributed by atoms with Crippen LogP contribution in [-0.4, -0.2) is 40.5 Å². The van der Waals surface area contributed by atoms with Crippen molar-refractivity contribution in [2.24, 2.45) is 0 Å². The van der Waals surface area contributed by atoms with Crippen molar-refractivity contribution < 1.29 is 4.79 Å². The second-order valence-electron chi connectivity index (χ2n) is 7.45. The van der Waals surface area contributed by atoms with Gasteiger partial charge in [-0.15, -0.1) is 11.8 Å². The van der Waals surface area contributed by atoms with Gasteiger partial charge < -0.3 is 10.2 Å². The highest BCUT2D eigenvalue weighted by Gasteiger charge is 2.31. The Balaban J connectivity index is 1.64. The number of thioether (sulfide) groups is 1. The highest BCUT2D eigenvalue weighted by molar-refractivity contribution is 8.00. The number of amides is 1. The molecule has 5 rings (SSSR count). The molecule has 0 saturated carbocycles. The number of fused-ring (bicyclic) bond motifs is 2. The van der Waals surface area contributed by atoms with Crippen LogP contribution < -0.4 is 10.2 Å². The molecule has 0 radical (unpaired) electrons. The Bertz CT molecular complexity index is 1210. The molecule has 0 fully saturated rings. The molecule has 2 aromatic carbocycles. The summed E-state index contributed by atoms with van der Waals surface area (Å²) in [4.78, 5) is 19.4. The Kier molecular flexibility index (Phi) is 4.75. The fourth-order valence-corrected chi connectivity index (χ4v) is 5.80. The first-order chi connectivity index (χ1) is 14.5. The van der Waals surface area contributed by atoms with Gasteiger partial charge in [0.1, 0.15) is 5.82 Å². The molecular formula is C22H21N5OS2. The zero-order valence-corrected chi connectivity index (χ0v) is 18.5. The molecule has 6 nitrogen and oxygen atoms in total. The number of carbonyl (C=O) groups excluding carboxylic acids is 1. The standard InChI is InChI=1S/C22H21N5OS2/c1-13-19-20(14-8-10-15(11-9-14)26(2)3)29-12-18(28)24-21(19)27(25-13)22-23-16-6-4-5-7-17(16)30-22/h4-11,20H,12H2,1-3H3,(H,24,28). The molecular weight excluding hydrogens is 414 g/mol. The fraction of sp³-hybridized carbons (Fsp3) is 0.227. The number of benzene rings is 2. The molecule has 30 heavy (non-hydrogen) atoms. The van der Waals surface area contributed by atoms with Gasteiger partial charge in [-0.1, -0.05) is 35.6 Å². The summed E-state index contributed by atoms with van der Waals surface area (Å²) in [5.41, 5.74) is 5.19. The minimum Gasteiger partial charge on any atom is -0.378 e. The van der Waals surface area contributed by atoms with E-state index in [1.54, 1.807) is 27.8 Å². The lowest BCUT2D eigenvalue weighted by Gasteiger charge is -2.17. The molecule has 0 saturated heterocycles. The van der Waals surface area contributed by atoms with Gasteiger partial charge >= 0.3 is 0 Å². The monoisotopic (exact) mass is 435 g/mol. The average molecular weight is 436 g/mol. The van der Waals surface area contributed by atoms with E-state index in [1.165, 1.54) is 0 Å². The summed E-state index contributed by atoms with van der Waals surface area (Å²) in [5.74, 6) is 1.10. The molecule has 0 aliphatic carbocycles. The van der Waals surface area contributed by atoms with Crippen molar-refractivity contribution in [3.8, 4) is 5.13 Å². The summed E-state index contributed by atoms with van der Waals surface area (Å²) in [7, 11) is 4.06. The largest absolute Gasteiger partial charge is 0.378 e. The number of nitrogens with zero attached hydrogens (tertiary/aromatic N) is 4. The predicted octanol–water partition coefficient (Wildman–Crippen LogP) is 4.63. The van der Waals surface area contributed by atoms with Gasteiger partial charge in [0.15, 0.2) is 0 Å². The zero-order valence-electron chi connectivity index (χ0n) is 16.9. The maximum atomic E-state index is 12.5. The summed E-state index contributed by atoms with van der Waals surface area (Å²) in [5, 5.41) is 8.65. The van der Waals surface area contributed by atoms with Crippen LogP contribution in [-0.2, 0) is 4.79 Å². The second kappa shape index (κ2) is 7.45. The summed E-state index contributed by atoms with van der Waals surface area (Å²) < 4.78 is 2.89. The van der Waals surface area contributed by atoms with Crippen molar-refractivity contribution in [3.05, 3.63) is 65.4 Å². The van der Waals surface area contributed by atoms with Crippen molar-refractivity contribution in [2.75, 3.05) is 30.1 Å². The first-order valence-corrected chi connectivity index (χ1v) is 11.5. The molecule has 4 aromatic rings. The maximum absolute atomic E-state index is 12.5. The van der Waals surface area contributed by atoms with Crippen molar-refractivity contribution >= 4 is 50.7 Å². The molecule has 0 spiro atoms. The highest BCUT2D eigenvalue weighted by atomic mass is 32.2.